The number of fused-ring (bicyclic) bond motifs is 3. The summed E-state index contributed by atoms with van der Waals surface area (Å²) in [6.07, 6.45) is 1.67. The fraction of sp³-hybridized carbons (Fsp3) is 0.182. The average molecular weight is 420 g/mol. The number of aromatic nitrogens is 4. The molecular formula is C22H21N5O2S. The van der Waals surface area contributed by atoms with Gasteiger partial charge in [0.1, 0.15) is 0 Å². The van der Waals surface area contributed by atoms with Crippen molar-refractivity contribution in [3.63, 3.8) is 0 Å². The van der Waals surface area contributed by atoms with Crippen LogP contribution in [0.15, 0.2) is 71.1 Å². The monoisotopic (exact) mass is 419 g/mol. The van der Waals surface area contributed by atoms with Gasteiger partial charge in [0.15, 0.2) is 5.16 Å². The van der Waals surface area contributed by atoms with E-state index in [1.807, 2.05) is 52.9 Å². The predicted molar refractivity (Wildman–Crippen MR) is 119 cm³/mol. The lowest BCUT2D eigenvalue weighted by Gasteiger charge is -2.11. The van der Waals surface area contributed by atoms with Crippen molar-refractivity contribution in [1.29, 1.82) is 0 Å². The molecule has 0 aliphatic heterocycles. The Bertz CT molecular complexity index is 1310. The molecule has 152 valence electrons. The van der Waals surface area contributed by atoms with E-state index >= 15 is 0 Å². The fourth-order valence-corrected chi connectivity index (χ4v) is 4.17. The van der Waals surface area contributed by atoms with Gasteiger partial charge < -0.3 is 4.90 Å². The lowest BCUT2D eigenvalue weighted by Crippen LogP contribution is -2.22. The van der Waals surface area contributed by atoms with Gasteiger partial charge >= 0.3 is 0 Å². The van der Waals surface area contributed by atoms with Crippen LogP contribution in [0.3, 0.4) is 0 Å². The van der Waals surface area contributed by atoms with Crippen LogP contribution < -0.4 is 5.56 Å². The van der Waals surface area contributed by atoms with Crippen molar-refractivity contribution in [3.05, 3.63) is 82.7 Å². The Morgan fingerprint density at radius 2 is 1.87 bits per heavy atom. The number of rotatable bonds is 6. The minimum Gasteiger partial charge on any atom is -0.345 e. The van der Waals surface area contributed by atoms with Gasteiger partial charge in [-0.1, -0.05) is 42.1 Å². The summed E-state index contributed by atoms with van der Waals surface area (Å²) >= 11 is 1.53. The van der Waals surface area contributed by atoms with E-state index < -0.39 is 0 Å². The molecule has 30 heavy (non-hydrogen) atoms. The maximum absolute atomic E-state index is 12.9. The van der Waals surface area contributed by atoms with Crippen LogP contribution in [-0.2, 0) is 12.3 Å². The zero-order chi connectivity index (χ0) is 21.3. The van der Waals surface area contributed by atoms with Gasteiger partial charge in [-0.3, -0.25) is 18.6 Å². The summed E-state index contributed by atoms with van der Waals surface area (Å²) in [5, 5.41) is 9.92. The summed E-state index contributed by atoms with van der Waals surface area (Å²) in [4.78, 5) is 26.5. The molecule has 4 rings (SSSR count). The molecule has 2 aromatic heterocycles. The van der Waals surface area contributed by atoms with E-state index in [2.05, 4.69) is 16.8 Å². The smallest absolute Gasteiger partial charge is 0.263 e. The number of thioether (sulfide) groups is 1. The van der Waals surface area contributed by atoms with Crippen LogP contribution >= 0.6 is 11.8 Å². The van der Waals surface area contributed by atoms with E-state index in [0.29, 0.717) is 34.2 Å². The van der Waals surface area contributed by atoms with Gasteiger partial charge in [0, 0.05) is 32.0 Å². The number of carbonyl (C=O) groups excluding carboxylic acids is 1. The number of nitrogens with zero attached hydrogens (tertiary/aromatic N) is 5. The number of hydrogen-bond donors (Lipinski definition) is 0. The first kappa shape index (κ1) is 19.9. The molecule has 2 heterocycles. The van der Waals surface area contributed by atoms with E-state index in [9.17, 15) is 9.59 Å². The molecule has 0 atom stereocenters. The van der Waals surface area contributed by atoms with Crippen LogP contribution in [0, 0.1) is 0 Å². The van der Waals surface area contributed by atoms with Gasteiger partial charge in [-0.2, -0.15) is 0 Å². The maximum atomic E-state index is 12.9. The molecule has 8 heteroatoms. The molecule has 1 amide bonds. The lowest BCUT2D eigenvalue weighted by atomic mass is 10.1. The minimum absolute atomic E-state index is 0.0238. The van der Waals surface area contributed by atoms with Crippen molar-refractivity contribution in [2.24, 2.45) is 0 Å². The highest BCUT2D eigenvalue weighted by atomic mass is 32.2. The number of para-hydroxylation sites is 1. The molecule has 0 bridgehead atoms. The SMILES string of the molecule is C=CCn1c(=O)c2ccccc2n2c(SCc3ccc(C(=O)N(C)C)cc3)nnc12. The van der Waals surface area contributed by atoms with Crippen LogP contribution in [0.5, 0.6) is 0 Å². The largest absolute Gasteiger partial charge is 0.345 e. The third kappa shape index (κ3) is 3.50. The third-order valence-electron chi connectivity index (χ3n) is 4.76. The number of benzene rings is 2. The molecule has 0 aliphatic rings. The Balaban J connectivity index is 1.70. The van der Waals surface area contributed by atoms with Crippen molar-refractivity contribution in [2.45, 2.75) is 17.5 Å². The molecule has 0 radical (unpaired) electrons. The second-order valence-corrected chi connectivity index (χ2v) is 7.97. The number of carbonyl (C=O) groups is 1. The highest BCUT2D eigenvalue weighted by Crippen LogP contribution is 2.25. The number of amides is 1. The number of hydrogen-bond acceptors (Lipinski definition) is 5. The van der Waals surface area contributed by atoms with Crippen molar-refractivity contribution in [3.8, 4) is 0 Å². The highest BCUT2D eigenvalue weighted by molar-refractivity contribution is 7.98. The van der Waals surface area contributed by atoms with Gasteiger partial charge in [-0.15, -0.1) is 16.8 Å². The predicted octanol–water partition coefficient (Wildman–Crippen LogP) is 3.22. The first-order valence-electron chi connectivity index (χ1n) is 9.42. The van der Waals surface area contributed by atoms with Crippen molar-refractivity contribution in [1.82, 2.24) is 24.1 Å². The Morgan fingerprint density at radius 1 is 1.13 bits per heavy atom. The van der Waals surface area contributed by atoms with Crippen molar-refractivity contribution < 1.29 is 4.79 Å². The summed E-state index contributed by atoms with van der Waals surface area (Å²) < 4.78 is 3.49. The Morgan fingerprint density at radius 3 is 2.57 bits per heavy atom. The van der Waals surface area contributed by atoms with E-state index in [4.69, 9.17) is 0 Å². The van der Waals surface area contributed by atoms with Crippen LogP contribution in [-0.4, -0.2) is 44.1 Å². The molecule has 0 N–H and O–H groups in total. The van der Waals surface area contributed by atoms with E-state index in [0.717, 1.165) is 11.1 Å². The lowest BCUT2D eigenvalue weighted by molar-refractivity contribution is 0.0827. The molecule has 0 spiro atoms. The summed E-state index contributed by atoms with van der Waals surface area (Å²) in [6.45, 7) is 4.11. The average Bonchev–Trinajstić information content (AvgIpc) is 3.19. The topological polar surface area (TPSA) is 72.5 Å². The molecule has 0 saturated heterocycles. The standard InChI is InChI=1S/C22H21N5O2S/c1-4-13-26-20(29)17-7-5-6-8-18(17)27-21(26)23-24-22(27)30-14-15-9-11-16(12-10-15)19(28)25(2)3/h4-12H,1,13-14H2,2-3H3. The van der Waals surface area contributed by atoms with E-state index in [1.54, 1.807) is 29.6 Å². The molecular weight excluding hydrogens is 398 g/mol. The Hall–Kier alpha value is -3.39. The normalized spacial score (nSPS) is 11.1. The first-order chi connectivity index (χ1) is 14.5. The molecule has 0 aliphatic carbocycles. The van der Waals surface area contributed by atoms with Crippen LogP contribution in [0.4, 0.5) is 0 Å². The van der Waals surface area contributed by atoms with Crippen LogP contribution in [0.1, 0.15) is 15.9 Å². The summed E-state index contributed by atoms with van der Waals surface area (Å²) in [5.41, 5.74) is 2.39. The van der Waals surface area contributed by atoms with E-state index in [-0.39, 0.29) is 11.5 Å². The Kier molecular flexibility index (Phi) is 5.41. The molecule has 2 aromatic carbocycles. The van der Waals surface area contributed by atoms with Crippen LogP contribution in [0.25, 0.3) is 16.7 Å². The highest BCUT2D eigenvalue weighted by Gasteiger charge is 2.16. The third-order valence-corrected chi connectivity index (χ3v) is 5.76. The molecule has 7 nitrogen and oxygen atoms in total. The second-order valence-electron chi connectivity index (χ2n) is 7.02. The molecule has 0 saturated carbocycles. The minimum atomic E-state index is -0.108. The molecule has 0 unspecified atom stereocenters. The van der Waals surface area contributed by atoms with E-state index in [1.165, 1.54) is 11.8 Å². The van der Waals surface area contributed by atoms with Gasteiger partial charge in [0.25, 0.3) is 11.5 Å². The van der Waals surface area contributed by atoms with Gasteiger partial charge in [-0.05, 0) is 29.8 Å². The summed E-state index contributed by atoms with van der Waals surface area (Å²) in [6, 6.07) is 15.0. The van der Waals surface area contributed by atoms with Crippen molar-refractivity contribution >= 4 is 34.3 Å². The second kappa shape index (κ2) is 8.16. The Labute approximate surface area is 177 Å². The van der Waals surface area contributed by atoms with Crippen molar-refractivity contribution in [2.75, 3.05) is 14.1 Å². The van der Waals surface area contributed by atoms with Gasteiger partial charge in [0.2, 0.25) is 5.78 Å². The quantitative estimate of drug-likeness (QED) is 0.354. The van der Waals surface area contributed by atoms with Gasteiger partial charge in [-0.25, -0.2) is 0 Å². The maximum Gasteiger partial charge on any atom is 0.263 e. The van der Waals surface area contributed by atoms with Crippen LogP contribution in [0.2, 0.25) is 0 Å². The van der Waals surface area contributed by atoms with Gasteiger partial charge in [0.05, 0.1) is 10.9 Å². The zero-order valence-electron chi connectivity index (χ0n) is 16.8. The number of allylic oxidation sites excluding steroid dienone is 1. The molecule has 0 fully saturated rings. The molecule has 4 aromatic rings. The summed E-state index contributed by atoms with van der Waals surface area (Å²) in [7, 11) is 3.47. The first-order valence-corrected chi connectivity index (χ1v) is 10.4. The summed E-state index contributed by atoms with van der Waals surface area (Å²) in [5.74, 6) is 1.13. The fourth-order valence-electron chi connectivity index (χ4n) is 3.27. The zero-order valence-corrected chi connectivity index (χ0v) is 17.6.